The van der Waals surface area contributed by atoms with Crippen molar-refractivity contribution in [3.05, 3.63) is 71.3 Å². The number of carbonyl (C=O) groups is 2. The number of rotatable bonds is 6. The van der Waals surface area contributed by atoms with Crippen LogP contribution in [0.4, 0.5) is 4.39 Å². The monoisotopic (exact) mass is 383 g/mol. The molecule has 1 aliphatic rings. The first-order valence-corrected chi connectivity index (χ1v) is 8.99. The van der Waals surface area contributed by atoms with Crippen LogP contribution < -0.4 is 0 Å². The fourth-order valence-corrected chi connectivity index (χ4v) is 3.35. The molecule has 7 heteroatoms. The van der Waals surface area contributed by atoms with Gasteiger partial charge in [0.05, 0.1) is 11.6 Å². The summed E-state index contributed by atoms with van der Waals surface area (Å²) in [6.45, 7) is 0.978. The van der Waals surface area contributed by atoms with E-state index in [0.29, 0.717) is 18.5 Å². The van der Waals surface area contributed by atoms with Crippen LogP contribution in [-0.4, -0.2) is 58.8 Å². The Balaban J connectivity index is 2.10. The van der Waals surface area contributed by atoms with Gasteiger partial charge in [-0.3, -0.25) is 14.6 Å². The van der Waals surface area contributed by atoms with Crippen LogP contribution in [-0.2, 0) is 9.59 Å². The van der Waals surface area contributed by atoms with E-state index in [4.69, 9.17) is 0 Å². The Labute approximate surface area is 162 Å². The van der Waals surface area contributed by atoms with E-state index in [1.807, 2.05) is 19.0 Å². The second-order valence-electron chi connectivity index (χ2n) is 6.91. The molecule has 6 nitrogen and oxygen atoms in total. The molecule has 0 saturated carbocycles. The van der Waals surface area contributed by atoms with E-state index in [0.717, 1.165) is 0 Å². The summed E-state index contributed by atoms with van der Waals surface area (Å²) in [5.41, 5.74) is 0.427. The molecule has 0 bridgehead atoms. The fourth-order valence-electron chi connectivity index (χ4n) is 3.35. The SMILES string of the molecule is CN(C)CCCN1C(=O)C(=O)C(=C(O)c2ccncc2)[C@@H]1c1ccccc1F. The number of Topliss-reactive ketones (excluding diaryl/α,β-unsaturated/α-hetero) is 1. The van der Waals surface area contributed by atoms with Gasteiger partial charge in [0.15, 0.2) is 0 Å². The molecule has 2 heterocycles. The topological polar surface area (TPSA) is 73.7 Å². The Bertz CT molecular complexity index is 912. The maximum absolute atomic E-state index is 14.6. The van der Waals surface area contributed by atoms with Gasteiger partial charge in [-0.25, -0.2) is 4.39 Å². The van der Waals surface area contributed by atoms with E-state index >= 15 is 0 Å². The van der Waals surface area contributed by atoms with Gasteiger partial charge in [-0.2, -0.15) is 0 Å². The molecule has 0 aliphatic carbocycles. The molecule has 1 amide bonds. The largest absolute Gasteiger partial charge is 0.507 e. The third-order valence-electron chi connectivity index (χ3n) is 4.70. The average molecular weight is 383 g/mol. The third-order valence-corrected chi connectivity index (χ3v) is 4.70. The quantitative estimate of drug-likeness (QED) is 0.472. The minimum atomic E-state index is -0.975. The molecular weight excluding hydrogens is 361 g/mol. The minimum absolute atomic E-state index is 0.105. The molecule has 0 spiro atoms. The van der Waals surface area contributed by atoms with E-state index in [1.165, 1.54) is 41.6 Å². The van der Waals surface area contributed by atoms with Crippen LogP contribution in [0, 0.1) is 5.82 Å². The van der Waals surface area contributed by atoms with Crippen molar-refractivity contribution in [1.82, 2.24) is 14.8 Å². The smallest absolute Gasteiger partial charge is 0.295 e. The summed E-state index contributed by atoms with van der Waals surface area (Å²) in [4.78, 5) is 32.7. The zero-order valence-corrected chi connectivity index (χ0v) is 15.8. The number of pyridine rings is 1. The van der Waals surface area contributed by atoms with Gasteiger partial charge >= 0.3 is 0 Å². The number of hydrogen-bond donors (Lipinski definition) is 1. The fraction of sp³-hybridized carbons (Fsp3) is 0.286. The van der Waals surface area contributed by atoms with Crippen molar-refractivity contribution >= 4 is 17.4 Å². The maximum atomic E-state index is 14.6. The number of halogens is 1. The third kappa shape index (κ3) is 3.80. The molecule has 1 fully saturated rings. The van der Waals surface area contributed by atoms with Crippen molar-refractivity contribution in [2.24, 2.45) is 0 Å². The van der Waals surface area contributed by atoms with Gasteiger partial charge in [-0.1, -0.05) is 18.2 Å². The summed E-state index contributed by atoms with van der Waals surface area (Å²) in [6.07, 6.45) is 3.56. The zero-order valence-electron chi connectivity index (χ0n) is 15.8. The lowest BCUT2D eigenvalue weighted by Gasteiger charge is -2.26. The summed E-state index contributed by atoms with van der Waals surface area (Å²) < 4.78 is 14.6. The van der Waals surface area contributed by atoms with E-state index in [2.05, 4.69) is 4.98 Å². The molecule has 1 saturated heterocycles. The number of aromatic nitrogens is 1. The van der Waals surface area contributed by atoms with Crippen LogP contribution >= 0.6 is 0 Å². The molecule has 1 aliphatic heterocycles. The first kappa shape index (κ1) is 19.7. The van der Waals surface area contributed by atoms with Gasteiger partial charge < -0.3 is 14.9 Å². The standard InChI is InChI=1S/C21H22FN3O3/c1-24(2)12-5-13-25-18(15-6-3-4-7-16(15)22)17(20(27)21(25)28)19(26)14-8-10-23-11-9-14/h3-4,6-11,18,26H,5,12-13H2,1-2H3/t18-/m0/s1. The van der Waals surface area contributed by atoms with Crippen LogP contribution in [0.25, 0.3) is 5.76 Å². The number of benzene rings is 1. The summed E-state index contributed by atoms with van der Waals surface area (Å²) >= 11 is 0. The maximum Gasteiger partial charge on any atom is 0.295 e. The summed E-state index contributed by atoms with van der Waals surface area (Å²) in [5, 5.41) is 10.8. The lowest BCUT2D eigenvalue weighted by molar-refractivity contribution is -0.140. The first-order valence-electron chi connectivity index (χ1n) is 8.99. The van der Waals surface area contributed by atoms with E-state index in [-0.39, 0.29) is 23.4 Å². The normalized spacial score (nSPS) is 18.9. The van der Waals surface area contributed by atoms with Crippen LogP contribution in [0.15, 0.2) is 54.4 Å². The van der Waals surface area contributed by atoms with Crippen molar-refractivity contribution < 1.29 is 19.1 Å². The molecule has 3 rings (SSSR count). The minimum Gasteiger partial charge on any atom is -0.507 e. The van der Waals surface area contributed by atoms with E-state index < -0.39 is 23.5 Å². The highest BCUT2D eigenvalue weighted by atomic mass is 19.1. The van der Waals surface area contributed by atoms with Crippen LogP contribution in [0.5, 0.6) is 0 Å². The first-order chi connectivity index (χ1) is 13.4. The lowest BCUT2D eigenvalue weighted by Crippen LogP contribution is -2.32. The predicted molar refractivity (Wildman–Crippen MR) is 103 cm³/mol. The van der Waals surface area contributed by atoms with Gasteiger partial charge in [-0.05, 0) is 45.3 Å². The molecule has 1 aromatic heterocycles. The Kier molecular flexibility index (Phi) is 5.84. The number of ketones is 1. The number of nitrogens with zero attached hydrogens (tertiary/aromatic N) is 3. The van der Waals surface area contributed by atoms with Crippen LogP contribution in [0.3, 0.4) is 0 Å². The molecule has 28 heavy (non-hydrogen) atoms. The molecule has 1 aromatic carbocycles. The average Bonchev–Trinajstić information content (AvgIpc) is 2.93. The molecule has 0 radical (unpaired) electrons. The highest BCUT2D eigenvalue weighted by Crippen LogP contribution is 2.40. The van der Waals surface area contributed by atoms with Gasteiger partial charge in [0.2, 0.25) is 0 Å². The second-order valence-corrected chi connectivity index (χ2v) is 6.91. The van der Waals surface area contributed by atoms with Crippen molar-refractivity contribution in [3.63, 3.8) is 0 Å². The van der Waals surface area contributed by atoms with E-state index in [1.54, 1.807) is 12.1 Å². The molecular formula is C21H22FN3O3. The number of hydrogen-bond acceptors (Lipinski definition) is 5. The van der Waals surface area contributed by atoms with Gasteiger partial charge in [0.1, 0.15) is 11.6 Å². The van der Waals surface area contributed by atoms with Gasteiger partial charge in [0, 0.05) is 30.1 Å². The summed E-state index contributed by atoms with van der Waals surface area (Å²) in [5.74, 6) is -2.41. The molecule has 1 atom stereocenters. The Morgan fingerprint density at radius 1 is 1.18 bits per heavy atom. The van der Waals surface area contributed by atoms with Crippen molar-refractivity contribution in [2.45, 2.75) is 12.5 Å². The molecule has 2 aromatic rings. The predicted octanol–water partition coefficient (Wildman–Crippen LogP) is 2.59. The van der Waals surface area contributed by atoms with Crippen molar-refractivity contribution in [2.75, 3.05) is 27.2 Å². The molecule has 1 N–H and O–H groups in total. The number of amides is 1. The zero-order chi connectivity index (χ0) is 20.3. The molecule has 146 valence electrons. The molecule has 0 unspecified atom stereocenters. The Morgan fingerprint density at radius 2 is 1.86 bits per heavy atom. The highest BCUT2D eigenvalue weighted by molar-refractivity contribution is 6.46. The number of likely N-dealkylation sites (tertiary alicyclic amines) is 1. The van der Waals surface area contributed by atoms with E-state index in [9.17, 15) is 19.1 Å². The lowest BCUT2D eigenvalue weighted by atomic mass is 9.95. The Hall–Kier alpha value is -3.06. The van der Waals surface area contributed by atoms with Crippen LogP contribution in [0.2, 0.25) is 0 Å². The Morgan fingerprint density at radius 3 is 2.50 bits per heavy atom. The van der Waals surface area contributed by atoms with Gasteiger partial charge in [0.25, 0.3) is 11.7 Å². The number of carbonyl (C=O) groups excluding carboxylic acids is 2. The van der Waals surface area contributed by atoms with Gasteiger partial charge in [-0.15, -0.1) is 0 Å². The second kappa shape index (κ2) is 8.31. The van der Waals surface area contributed by atoms with Crippen molar-refractivity contribution in [1.29, 1.82) is 0 Å². The van der Waals surface area contributed by atoms with Crippen molar-refractivity contribution in [3.8, 4) is 0 Å². The summed E-state index contributed by atoms with van der Waals surface area (Å²) in [6, 6.07) is 8.09. The highest BCUT2D eigenvalue weighted by Gasteiger charge is 2.46. The summed E-state index contributed by atoms with van der Waals surface area (Å²) in [7, 11) is 3.82. The number of aliphatic hydroxyl groups excluding tert-OH is 1. The van der Waals surface area contributed by atoms with Crippen LogP contribution in [0.1, 0.15) is 23.6 Å². The number of aliphatic hydroxyl groups is 1.